The van der Waals surface area contributed by atoms with Crippen LogP contribution in [-0.2, 0) is 24.1 Å². The van der Waals surface area contributed by atoms with Crippen molar-refractivity contribution in [1.82, 2.24) is 24.1 Å². The Balaban J connectivity index is 1.58. The molecule has 9 nitrogen and oxygen atoms in total. The van der Waals surface area contributed by atoms with Crippen molar-refractivity contribution >= 4 is 10.0 Å². The van der Waals surface area contributed by atoms with Crippen LogP contribution in [0.4, 0.5) is 0 Å². The molecule has 4 atom stereocenters. The van der Waals surface area contributed by atoms with Gasteiger partial charge in [0.15, 0.2) is 4.90 Å². The predicted octanol–water partition coefficient (Wildman–Crippen LogP) is -1.18. The van der Waals surface area contributed by atoms with E-state index >= 15 is 0 Å². The molecular weight excluding hydrogens is 382 g/mol. The zero-order valence-corrected chi connectivity index (χ0v) is 17.2. The van der Waals surface area contributed by atoms with Crippen LogP contribution in [-0.4, -0.2) is 60.7 Å². The first kappa shape index (κ1) is 19.8. The molecule has 0 aliphatic carbocycles. The summed E-state index contributed by atoms with van der Waals surface area (Å²) in [7, 11) is -1.28. The van der Waals surface area contributed by atoms with Crippen molar-refractivity contribution in [3.05, 3.63) is 27.0 Å². The van der Waals surface area contributed by atoms with E-state index < -0.39 is 21.3 Å². The monoisotopic (exact) mass is 411 g/mol. The quantitative estimate of drug-likeness (QED) is 0.647. The summed E-state index contributed by atoms with van der Waals surface area (Å²) in [5, 5.41) is 3.51. The molecule has 2 bridgehead atoms. The lowest BCUT2D eigenvalue weighted by Crippen LogP contribution is -2.65. The van der Waals surface area contributed by atoms with Gasteiger partial charge in [0.2, 0.25) is 10.0 Å². The van der Waals surface area contributed by atoms with Gasteiger partial charge < -0.3 is 9.88 Å². The van der Waals surface area contributed by atoms with Crippen molar-refractivity contribution in [2.24, 2.45) is 25.9 Å². The number of fused-ring (bicyclic) bond motifs is 4. The van der Waals surface area contributed by atoms with Gasteiger partial charge >= 0.3 is 5.69 Å². The van der Waals surface area contributed by atoms with E-state index in [0.717, 1.165) is 47.8 Å². The summed E-state index contributed by atoms with van der Waals surface area (Å²) in [6.45, 7) is 3.23. The molecule has 0 unspecified atom stereocenters. The molecule has 1 aromatic rings. The summed E-state index contributed by atoms with van der Waals surface area (Å²) >= 11 is 0. The summed E-state index contributed by atoms with van der Waals surface area (Å²) in [6.07, 6.45) is 5.78. The van der Waals surface area contributed by atoms with Crippen LogP contribution in [0.2, 0.25) is 0 Å². The van der Waals surface area contributed by atoms with Crippen LogP contribution in [0, 0.1) is 11.8 Å². The molecule has 4 rings (SSSR count). The summed E-state index contributed by atoms with van der Waals surface area (Å²) in [6, 6.07) is 0.637. The van der Waals surface area contributed by atoms with Gasteiger partial charge in [0.05, 0.1) is 0 Å². The van der Waals surface area contributed by atoms with Crippen LogP contribution in [0.5, 0.6) is 0 Å². The summed E-state index contributed by atoms with van der Waals surface area (Å²) in [5.74, 6) is 1.04. The molecular formula is C18H29N5O4S. The van der Waals surface area contributed by atoms with Crippen LogP contribution in [0.3, 0.4) is 0 Å². The zero-order valence-electron chi connectivity index (χ0n) is 16.4. The van der Waals surface area contributed by atoms with Gasteiger partial charge in [-0.3, -0.25) is 14.3 Å². The Kier molecular flexibility index (Phi) is 5.24. The molecule has 1 aromatic heterocycles. The second-order valence-corrected chi connectivity index (χ2v) is 10.1. The van der Waals surface area contributed by atoms with Gasteiger partial charge in [0.1, 0.15) is 0 Å². The lowest BCUT2D eigenvalue weighted by molar-refractivity contribution is -0.0360. The van der Waals surface area contributed by atoms with Gasteiger partial charge in [-0.05, 0) is 50.7 Å². The Morgan fingerprint density at radius 2 is 1.93 bits per heavy atom. The summed E-state index contributed by atoms with van der Waals surface area (Å²) in [4.78, 5) is 26.3. The maximum Gasteiger partial charge on any atom is 0.330 e. The average Bonchev–Trinajstić information content (AvgIpc) is 2.69. The third-order valence-electron chi connectivity index (χ3n) is 6.71. The largest absolute Gasteiger partial charge is 0.330 e. The molecule has 3 saturated heterocycles. The first-order valence-corrected chi connectivity index (χ1v) is 11.5. The maximum absolute atomic E-state index is 12.9. The van der Waals surface area contributed by atoms with E-state index in [1.165, 1.54) is 26.9 Å². The number of nitrogens with zero attached hydrogens (tertiary/aromatic N) is 3. The topological polar surface area (TPSA) is 105 Å². The highest BCUT2D eigenvalue weighted by Crippen LogP contribution is 2.38. The molecule has 3 fully saturated rings. The van der Waals surface area contributed by atoms with E-state index in [4.69, 9.17) is 0 Å². The van der Waals surface area contributed by atoms with E-state index in [1.807, 2.05) is 0 Å². The molecule has 0 saturated carbocycles. The van der Waals surface area contributed by atoms with E-state index in [1.54, 1.807) is 0 Å². The summed E-state index contributed by atoms with van der Waals surface area (Å²) < 4.78 is 30.4. The fraction of sp³-hybridized carbons (Fsp3) is 0.778. The van der Waals surface area contributed by atoms with Gasteiger partial charge in [-0.1, -0.05) is 6.42 Å². The van der Waals surface area contributed by atoms with Gasteiger partial charge in [-0.25, -0.2) is 17.9 Å². The molecule has 4 heterocycles. The molecule has 0 aromatic carbocycles. The lowest BCUT2D eigenvalue weighted by Gasteiger charge is -2.55. The summed E-state index contributed by atoms with van der Waals surface area (Å²) in [5.41, 5.74) is -1.35. The highest BCUT2D eigenvalue weighted by molar-refractivity contribution is 7.89. The minimum absolute atomic E-state index is 0.125. The van der Waals surface area contributed by atoms with Gasteiger partial charge in [0.25, 0.3) is 5.56 Å². The van der Waals surface area contributed by atoms with Crippen LogP contribution in [0.15, 0.2) is 20.7 Å². The molecule has 28 heavy (non-hydrogen) atoms. The molecule has 3 aliphatic rings. The number of hydrogen-bond donors (Lipinski definition) is 2. The number of aryl methyl sites for hydroxylation is 1. The van der Waals surface area contributed by atoms with Crippen LogP contribution in [0.1, 0.15) is 25.7 Å². The van der Waals surface area contributed by atoms with E-state index in [-0.39, 0.29) is 17.5 Å². The molecule has 0 radical (unpaired) electrons. The normalized spacial score (nSPS) is 30.8. The number of sulfonamides is 1. The van der Waals surface area contributed by atoms with E-state index in [0.29, 0.717) is 17.9 Å². The number of rotatable bonds is 4. The van der Waals surface area contributed by atoms with Crippen molar-refractivity contribution in [3.8, 4) is 0 Å². The smallest absolute Gasteiger partial charge is 0.316 e. The third-order valence-corrected chi connectivity index (χ3v) is 8.12. The van der Waals surface area contributed by atoms with Crippen molar-refractivity contribution < 1.29 is 8.42 Å². The first-order valence-electron chi connectivity index (χ1n) is 10.0. The van der Waals surface area contributed by atoms with E-state index in [9.17, 15) is 18.0 Å². The van der Waals surface area contributed by atoms with Crippen LogP contribution >= 0.6 is 0 Å². The Labute approximate surface area is 164 Å². The Morgan fingerprint density at radius 1 is 1.18 bits per heavy atom. The minimum atomic E-state index is -4.01. The number of aromatic nitrogens is 2. The number of nitrogens with one attached hydrogen (secondary N) is 2. The number of piperidine rings is 3. The second kappa shape index (κ2) is 7.40. The fourth-order valence-corrected chi connectivity index (χ4v) is 6.49. The molecule has 2 N–H and O–H groups in total. The predicted molar refractivity (Wildman–Crippen MR) is 105 cm³/mol. The average molecular weight is 412 g/mol. The third kappa shape index (κ3) is 3.36. The lowest BCUT2D eigenvalue weighted by atomic mass is 9.73. The Hall–Kier alpha value is -1.49. The fourth-order valence-electron chi connectivity index (χ4n) is 5.28. The second-order valence-electron chi connectivity index (χ2n) is 8.39. The standard InChI is InChI=1S/C18H29N5O4S/c1-21-11-16(17(24)22(2)18(21)25)28(26,27)20-10-15-13-7-12(8-19-9-13)14-5-3-4-6-23(14)15/h11-15,19-20H,3-10H2,1-2H3/t12-,13+,14+,15+/m1/s1. The highest BCUT2D eigenvalue weighted by atomic mass is 32.2. The molecule has 3 aliphatic heterocycles. The molecule has 0 spiro atoms. The minimum Gasteiger partial charge on any atom is -0.316 e. The highest BCUT2D eigenvalue weighted by Gasteiger charge is 2.45. The Bertz CT molecular complexity index is 969. The molecule has 156 valence electrons. The maximum atomic E-state index is 12.9. The van der Waals surface area contributed by atoms with Gasteiger partial charge in [-0.15, -0.1) is 0 Å². The van der Waals surface area contributed by atoms with Crippen molar-refractivity contribution in [2.45, 2.75) is 42.7 Å². The Morgan fingerprint density at radius 3 is 2.71 bits per heavy atom. The number of hydrogen-bond acceptors (Lipinski definition) is 6. The van der Waals surface area contributed by atoms with E-state index in [2.05, 4.69) is 14.9 Å². The van der Waals surface area contributed by atoms with Crippen molar-refractivity contribution in [1.29, 1.82) is 0 Å². The SMILES string of the molecule is Cn1cc(S(=O)(=O)NC[C@H]2[C@@H]3CNC[C@@H](C3)[C@@H]3CCCCN32)c(=O)n(C)c1=O. The first-order chi connectivity index (χ1) is 13.3. The molecule has 10 heteroatoms. The van der Waals surface area contributed by atoms with Crippen LogP contribution in [0.25, 0.3) is 0 Å². The molecule has 0 amide bonds. The van der Waals surface area contributed by atoms with Gasteiger partial charge in [-0.2, -0.15) is 0 Å². The van der Waals surface area contributed by atoms with Crippen LogP contribution < -0.4 is 21.3 Å². The van der Waals surface area contributed by atoms with Crippen molar-refractivity contribution in [2.75, 3.05) is 26.2 Å². The zero-order chi connectivity index (χ0) is 20.1. The van der Waals surface area contributed by atoms with Gasteiger partial charge in [0, 0.05) is 38.9 Å². The van der Waals surface area contributed by atoms with Crippen molar-refractivity contribution in [3.63, 3.8) is 0 Å².